The summed E-state index contributed by atoms with van der Waals surface area (Å²) in [6.07, 6.45) is 7.81. The summed E-state index contributed by atoms with van der Waals surface area (Å²) < 4.78 is 10.3. The van der Waals surface area contributed by atoms with Crippen LogP contribution in [0.4, 0.5) is 0 Å². The number of rotatable bonds is 16. The summed E-state index contributed by atoms with van der Waals surface area (Å²) in [6, 6.07) is 5.22. The number of carbonyl (C=O) groups excluding carboxylic acids is 2. The highest BCUT2D eigenvalue weighted by atomic mass is 16.7. The molecule has 0 aliphatic carbocycles. The number of allylic oxidation sites excluding steroid dienone is 2. The molecule has 174 valence electrons. The van der Waals surface area contributed by atoms with Crippen molar-refractivity contribution in [1.29, 1.82) is 0 Å². The highest BCUT2D eigenvalue weighted by Gasteiger charge is 2.09. The summed E-state index contributed by atoms with van der Waals surface area (Å²) >= 11 is 0. The molecule has 8 nitrogen and oxygen atoms in total. The Bertz CT molecular complexity index is 691. The van der Waals surface area contributed by atoms with E-state index in [0.29, 0.717) is 30.4 Å². The average molecular weight is 437 g/mol. The summed E-state index contributed by atoms with van der Waals surface area (Å²) in [5.74, 6) is 1.03. The zero-order valence-electron chi connectivity index (χ0n) is 18.8. The number of amides is 2. The number of hydrogen-bond acceptors (Lipinski definition) is 6. The van der Waals surface area contributed by atoms with Crippen LogP contribution in [0.2, 0.25) is 0 Å². The molecule has 0 saturated heterocycles. The minimum absolute atomic E-state index is 0.0165. The van der Waals surface area contributed by atoms with Crippen molar-refractivity contribution < 1.29 is 29.0 Å². The number of aliphatic hydroxyl groups excluding tert-OH is 1. The Morgan fingerprint density at radius 3 is 2.61 bits per heavy atom. The zero-order valence-corrected chi connectivity index (χ0v) is 18.8. The number of unbranched alkanes of at least 4 members (excludes halogenated alkanes) is 2. The van der Waals surface area contributed by atoms with Gasteiger partial charge in [-0.2, -0.15) is 5.48 Å². The minimum atomic E-state index is -0.351. The smallest absolute Gasteiger partial charge is 0.254 e. The van der Waals surface area contributed by atoms with Crippen molar-refractivity contribution in [2.24, 2.45) is 5.92 Å². The van der Waals surface area contributed by atoms with Gasteiger partial charge >= 0.3 is 0 Å². The lowest BCUT2D eigenvalue weighted by molar-refractivity contribution is -0.129. The molecule has 0 spiro atoms. The van der Waals surface area contributed by atoms with Crippen molar-refractivity contribution in [2.45, 2.75) is 52.5 Å². The lowest BCUT2D eigenvalue weighted by Gasteiger charge is -2.12. The van der Waals surface area contributed by atoms with Crippen molar-refractivity contribution in [3.63, 3.8) is 0 Å². The number of nitrogens with one attached hydrogen (secondary N) is 2. The molecule has 0 aliphatic heterocycles. The molecule has 0 heterocycles. The molecule has 0 radical (unpaired) electrons. The molecule has 1 aromatic carbocycles. The Kier molecular flexibility index (Phi) is 13.8. The van der Waals surface area contributed by atoms with Gasteiger partial charge in [-0.25, -0.2) is 0 Å². The summed E-state index contributed by atoms with van der Waals surface area (Å²) in [5.41, 5.74) is 3.19. The maximum atomic E-state index is 12.0. The SMILES string of the molecule is COc1cc(CNC(=O)CCCC/C=C/C(C)C)ccc1ONC(=O)CCOCCO. The van der Waals surface area contributed by atoms with Crippen molar-refractivity contribution in [3.8, 4) is 11.5 Å². The van der Waals surface area contributed by atoms with E-state index in [0.717, 1.165) is 24.8 Å². The standard InChI is InChI=1S/C23H36N2O6/c1-18(2)8-6-4-5-7-9-22(27)24-17-19-10-11-20(21(16-19)29-3)31-25-23(28)12-14-30-15-13-26/h6,8,10-11,16,18,26H,4-5,7,9,12-15,17H2,1-3H3,(H,24,27)(H,25,28)/b8-6+. The largest absolute Gasteiger partial charge is 0.493 e. The first-order valence-corrected chi connectivity index (χ1v) is 10.7. The van der Waals surface area contributed by atoms with Crippen LogP contribution in [0.15, 0.2) is 30.4 Å². The lowest BCUT2D eigenvalue weighted by atomic mass is 10.1. The Labute approximate surface area is 184 Å². The molecule has 0 unspecified atom stereocenters. The van der Waals surface area contributed by atoms with E-state index in [1.165, 1.54) is 7.11 Å². The van der Waals surface area contributed by atoms with E-state index >= 15 is 0 Å². The van der Waals surface area contributed by atoms with Crippen LogP contribution in [0.3, 0.4) is 0 Å². The van der Waals surface area contributed by atoms with Gasteiger partial charge in [0.2, 0.25) is 5.91 Å². The fraction of sp³-hybridized carbons (Fsp3) is 0.565. The van der Waals surface area contributed by atoms with E-state index in [1.54, 1.807) is 18.2 Å². The number of methoxy groups -OCH3 is 1. The van der Waals surface area contributed by atoms with E-state index in [4.69, 9.17) is 19.4 Å². The van der Waals surface area contributed by atoms with E-state index in [9.17, 15) is 9.59 Å². The van der Waals surface area contributed by atoms with Gasteiger partial charge in [0, 0.05) is 13.0 Å². The molecule has 8 heteroatoms. The molecule has 0 fully saturated rings. The normalized spacial score (nSPS) is 11.0. The second-order valence-corrected chi connectivity index (χ2v) is 7.39. The molecule has 0 aliphatic rings. The van der Waals surface area contributed by atoms with Crippen LogP contribution in [0.1, 0.15) is 51.5 Å². The maximum absolute atomic E-state index is 12.0. The van der Waals surface area contributed by atoms with E-state index in [1.807, 2.05) is 0 Å². The third-order valence-corrected chi connectivity index (χ3v) is 4.25. The third-order valence-electron chi connectivity index (χ3n) is 4.25. The first-order valence-electron chi connectivity index (χ1n) is 10.7. The highest BCUT2D eigenvalue weighted by molar-refractivity contribution is 5.76. The van der Waals surface area contributed by atoms with E-state index in [2.05, 4.69) is 36.8 Å². The predicted molar refractivity (Wildman–Crippen MR) is 119 cm³/mol. The second-order valence-electron chi connectivity index (χ2n) is 7.39. The molecule has 2 amide bonds. The van der Waals surface area contributed by atoms with Crippen LogP contribution in [-0.2, 0) is 20.9 Å². The van der Waals surface area contributed by atoms with Crippen molar-refractivity contribution >= 4 is 11.8 Å². The fourth-order valence-electron chi connectivity index (χ4n) is 2.61. The Morgan fingerprint density at radius 1 is 1.10 bits per heavy atom. The number of ether oxygens (including phenoxy) is 2. The predicted octanol–water partition coefficient (Wildman–Crippen LogP) is 2.89. The second kappa shape index (κ2) is 16.2. The average Bonchev–Trinajstić information content (AvgIpc) is 2.76. The number of hydrogen-bond donors (Lipinski definition) is 3. The zero-order chi connectivity index (χ0) is 22.9. The van der Waals surface area contributed by atoms with Crippen LogP contribution >= 0.6 is 0 Å². The topological polar surface area (TPSA) is 106 Å². The molecular formula is C23H36N2O6. The number of benzene rings is 1. The van der Waals surface area contributed by atoms with Crippen LogP contribution in [-0.4, -0.2) is 43.9 Å². The fourth-order valence-corrected chi connectivity index (χ4v) is 2.61. The first kappa shape index (κ1) is 26.5. The third kappa shape index (κ3) is 12.7. The molecular weight excluding hydrogens is 400 g/mol. The van der Waals surface area contributed by atoms with Crippen LogP contribution < -0.4 is 20.4 Å². The van der Waals surface area contributed by atoms with Crippen LogP contribution in [0.5, 0.6) is 11.5 Å². The van der Waals surface area contributed by atoms with Gasteiger partial charge < -0.3 is 24.7 Å². The Hall–Kier alpha value is -2.58. The molecule has 31 heavy (non-hydrogen) atoms. The van der Waals surface area contributed by atoms with E-state index < -0.39 is 0 Å². The molecule has 1 aromatic rings. The first-order chi connectivity index (χ1) is 15.0. The van der Waals surface area contributed by atoms with Gasteiger partial charge in [-0.3, -0.25) is 9.59 Å². The van der Waals surface area contributed by atoms with Crippen molar-refractivity contribution in [1.82, 2.24) is 10.8 Å². The Morgan fingerprint density at radius 2 is 1.90 bits per heavy atom. The molecule has 0 aromatic heterocycles. The van der Waals surface area contributed by atoms with Gasteiger partial charge in [0.1, 0.15) is 0 Å². The maximum Gasteiger partial charge on any atom is 0.254 e. The van der Waals surface area contributed by atoms with Crippen molar-refractivity contribution in [3.05, 3.63) is 35.9 Å². The summed E-state index contributed by atoms with van der Waals surface area (Å²) in [7, 11) is 1.50. The number of carbonyl (C=O) groups is 2. The van der Waals surface area contributed by atoms with Gasteiger partial charge in [0.15, 0.2) is 11.5 Å². The Balaban J connectivity index is 2.36. The highest BCUT2D eigenvalue weighted by Crippen LogP contribution is 2.27. The quantitative estimate of drug-likeness (QED) is 0.209. The molecule has 0 atom stereocenters. The van der Waals surface area contributed by atoms with Crippen LogP contribution in [0, 0.1) is 5.92 Å². The van der Waals surface area contributed by atoms with Crippen LogP contribution in [0.25, 0.3) is 0 Å². The van der Waals surface area contributed by atoms with Gasteiger partial charge in [-0.15, -0.1) is 0 Å². The van der Waals surface area contributed by atoms with E-state index in [-0.39, 0.29) is 38.1 Å². The molecule has 0 bridgehead atoms. The number of hydroxylamine groups is 1. The van der Waals surface area contributed by atoms with Gasteiger partial charge in [0.25, 0.3) is 5.91 Å². The summed E-state index contributed by atoms with van der Waals surface area (Å²) in [4.78, 5) is 29.1. The van der Waals surface area contributed by atoms with Gasteiger partial charge in [-0.05, 0) is 42.9 Å². The number of aliphatic hydroxyl groups is 1. The molecule has 0 saturated carbocycles. The minimum Gasteiger partial charge on any atom is -0.493 e. The lowest BCUT2D eigenvalue weighted by Crippen LogP contribution is -2.28. The monoisotopic (exact) mass is 436 g/mol. The summed E-state index contributed by atoms with van der Waals surface area (Å²) in [5, 5.41) is 11.5. The van der Waals surface area contributed by atoms with Gasteiger partial charge in [-0.1, -0.05) is 32.1 Å². The molecule has 1 rings (SSSR count). The van der Waals surface area contributed by atoms with Crippen molar-refractivity contribution in [2.75, 3.05) is 26.9 Å². The van der Waals surface area contributed by atoms with Gasteiger partial charge in [0.05, 0.1) is 33.4 Å². The summed E-state index contributed by atoms with van der Waals surface area (Å²) in [6.45, 7) is 4.97. The molecule has 3 N–H and O–H groups in total.